The van der Waals surface area contributed by atoms with E-state index in [9.17, 15) is 18.1 Å². The highest BCUT2D eigenvalue weighted by Gasteiger charge is 2.37. The summed E-state index contributed by atoms with van der Waals surface area (Å²) >= 11 is 0. The number of phenolic OH excluding ortho intramolecular Hbond substituents is 1. The maximum Gasteiger partial charge on any atom is 0.282 e. The van der Waals surface area contributed by atoms with Crippen LogP contribution in [0.2, 0.25) is 0 Å². The summed E-state index contributed by atoms with van der Waals surface area (Å²) in [6.07, 6.45) is 0.0830. The number of rotatable bonds is 8. The van der Waals surface area contributed by atoms with Crippen molar-refractivity contribution in [3.05, 3.63) is 162 Å². The summed E-state index contributed by atoms with van der Waals surface area (Å²) in [4.78, 5) is 0.169. The zero-order valence-corrected chi connectivity index (χ0v) is 28.1. The molecule has 0 spiro atoms. The Morgan fingerprint density at radius 2 is 1.29 bits per heavy atom. The van der Waals surface area contributed by atoms with Gasteiger partial charge in [0.05, 0.1) is 21.3 Å². The van der Waals surface area contributed by atoms with Crippen molar-refractivity contribution in [1.29, 1.82) is 0 Å². The number of ether oxygens (including phenoxy) is 1. The van der Waals surface area contributed by atoms with Crippen LogP contribution >= 0.6 is 7.37 Å². The van der Waals surface area contributed by atoms with Crippen LogP contribution in [0.5, 0.6) is 23.0 Å². The van der Waals surface area contributed by atoms with Crippen LogP contribution in [0, 0.1) is 0 Å². The van der Waals surface area contributed by atoms with Crippen LogP contribution in [-0.2, 0) is 26.0 Å². The topological polar surface area (TPSA) is 89.9 Å². The van der Waals surface area contributed by atoms with E-state index in [1.165, 1.54) is 36.4 Å². The predicted octanol–water partition coefficient (Wildman–Crippen LogP) is 9.51. The second-order valence-electron chi connectivity index (χ2n) is 12.3. The molecule has 0 amide bonds. The van der Waals surface area contributed by atoms with Crippen LogP contribution in [0.15, 0.2) is 155 Å². The molecule has 0 radical (unpaired) electrons. The lowest BCUT2D eigenvalue weighted by Crippen LogP contribution is -2.21. The Balaban J connectivity index is 1.28. The quantitative estimate of drug-likeness (QED) is 0.162. The zero-order valence-electron chi connectivity index (χ0n) is 26.4. The van der Waals surface area contributed by atoms with Crippen LogP contribution in [-0.4, -0.2) is 13.5 Å². The molecule has 6 aromatic rings. The predicted molar refractivity (Wildman–Crippen MR) is 189 cm³/mol. The highest BCUT2D eigenvalue weighted by Crippen LogP contribution is 2.57. The van der Waals surface area contributed by atoms with E-state index < -0.39 is 17.2 Å². The molecule has 6 nitrogen and oxygen atoms in total. The Labute approximate surface area is 280 Å². The van der Waals surface area contributed by atoms with Crippen LogP contribution < -0.4 is 14.6 Å². The van der Waals surface area contributed by atoms with Crippen molar-refractivity contribution < 1.29 is 27.3 Å². The SMILES string of the molecule is CC(C)(c1ccccc1)c1ccc(Oc2ccc(S(=O)(=O)c3ccc(O)cc3)cc2)c(CP2(=O)Oc3ccccc3-c3ccccc32)c1. The average Bonchev–Trinajstić information content (AvgIpc) is 3.10. The van der Waals surface area contributed by atoms with Crippen LogP contribution in [0.4, 0.5) is 0 Å². The third-order valence-electron chi connectivity index (χ3n) is 8.86. The van der Waals surface area contributed by atoms with E-state index in [1.807, 2.05) is 84.9 Å². The molecule has 240 valence electrons. The highest BCUT2D eigenvalue weighted by molar-refractivity contribution is 7.91. The number of hydrogen-bond acceptors (Lipinski definition) is 6. The molecule has 0 bridgehead atoms. The lowest BCUT2D eigenvalue weighted by Gasteiger charge is -2.30. The fourth-order valence-corrected chi connectivity index (χ4v) is 9.75. The third-order valence-corrected chi connectivity index (χ3v) is 13.0. The Morgan fingerprint density at radius 1 is 0.688 bits per heavy atom. The Kier molecular flexibility index (Phi) is 7.98. The van der Waals surface area contributed by atoms with Crippen LogP contribution in [0.1, 0.15) is 30.5 Å². The molecule has 0 fully saturated rings. The summed E-state index contributed by atoms with van der Waals surface area (Å²) < 4.78 is 54.2. The summed E-state index contributed by atoms with van der Waals surface area (Å²) in [6, 6.07) is 43.0. The molecule has 1 unspecified atom stereocenters. The van der Waals surface area contributed by atoms with Gasteiger partial charge in [-0.15, -0.1) is 0 Å². The minimum Gasteiger partial charge on any atom is -0.508 e. The molecule has 8 heteroatoms. The molecule has 1 aliphatic rings. The largest absolute Gasteiger partial charge is 0.508 e. The smallest absolute Gasteiger partial charge is 0.282 e. The molecule has 48 heavy (non-hydrogen) atoms. The van der Waals surface area contributed by atoms with Gasteiger partial charge in [-0.25, -0.2) is 8.42 Å². The average molecular weight is 673 g/mol. The lowest BCUT2D eigenvalue weighted by molar-refractivity contribution is 0.470. The van der Waals surface area contributed by atoms with Gasteiger partial charge in [0.2, 0.25) is 9.84 Å². The molecular formula is C40H33O6PS. The van der Waals surface area contributed by atoms with E-state index in [4.69, 9.17) is 9.26 Å². The Bertz CT molecular complexity index is 2280. The molecule has 0 aliphatic carbocycles. The summed E-state index contributed by atoms with van der Waals surface area (Å²) in [5.74, 6) is 1.48. The molecule has 1 N–H and O–H groups in total. The summed E-state index contributed by atoms with van der Waals surface area (Å²) in [7, 11) is -7.28. The number of benzene rings is 6. The highest BCUT2D eigenvalue weighted by atomic mass is 32.2. The number of aromatic hydroxyl groups is 1. The van der Waals surface area contributed by atoms with E-state index in [0.29, 0.717) is 28.1 Å². The molecule has 6 aromatic carbocycles. The van der Waals surface area contributed by atoms with E-state index >= 15 is 0 Å². The maximum atomic E-state index is 15.0. The van der Waals surface area contributed by atoms with Crippen molar-refractivity contribution in [2.24, 2.45) is 0 Å². The van der Waals surface area contributed by atoms with Gasteiger partial charge in [-0.2, -0.15) is 0 Å². The summed E-state index contributed by atoms with van der Waals surface area (Å²) in [5, 5.41) is 10.2. The van der Waals surface area contributed by atoms with E-state index in [0.717, 1.165) is 22.3 Å². The molecule has 0 aromatic heterocycles. The van der Waals surface area contributed by atoms with Crippen molar-refractivity contribution in [2.75, 3.05) is 0 Å². The third kappa shape index (κ3) is 5.81. The van der Waals surface area contributed by atoms with Gasteiger partial charge in [-0.3, -0.25) is 4.57 Å². The zero-order chi connectivity index (χ0) is 33.5. The molecule has 0 saturated heterocycles. The second-order valence-corrected chi connectivity index (χ2v) is 16.6. The van der Waals surface area contributed by atoms with Gasteiger partial charge < -0.3 is 14.4 Å². The number of phenols is 1. The Hall–Kier alpha value is -5.10. The fraction of sp³-hybridized carbons (Fsp3) is 0.100. The number of hydrogen-bond donors (Lipinski definition) is 1. The number of fused-ring (bicyclic) bond motifs is 3. The van der Waals surface area contributed by atoms with Gasteiger partial charge >= 0.3 is 0 Å². The summed E-state index contributed by atoms with van der Waals surface area (Å²) in [6.45, 7) is 4.31. The van der Waals surface area contributed by atoms with E-state index in [-0.39, 0.29) is 27.1 Å². The minimum absolute atomic E-state index is 0.0136. The van der Waals surface area contributed by atoms with Crippen molar-refractivity contribution in [3.63, 3.8) is 0 Å². The van der Waals surface area contributed by atoms with Gasteiger partial charge in [0, 0.05) is 16.5 Å². The molecule has 1 aliphatic heterocycles. The molecule has 1 heterocycles. The Morgan fingerprint density at radius 3 is 2.00 bits per heavy atom. The van der Waals surface area contributed by atoms with Gasteiger partial charge in [-0.05, 0) is 83.4 Å². The van der Waals surface area contributed by atoms with E-state index in [1.54, 1.807) is 12.1 Å². The normalized spacial score (nSPS) is 15.5. The first-order chi connectivity index (χ1) is 23.0. The van der Waals surface area contributed by atoms with Crippen LogP contribution in [0.3, 0.4) is 0 Å². The second kappa shape index (κ2) is 12.2. The monoisotopic (exact) mass is 672 g/mol. The molecule has 7 rings (SSSR count). The molecule has 1 atom stereocenters. The standard InChI is InChI=1S/C40H33O6PS/c1-40(2,29-10-4-3-5-11-29)30-16-25-37(45-32-19-23-34(24-20-32)48(43,44)33-21-17-31(41)18-22-33)28(26-30)27-47(42)39-15-9-7-13-36(39)35-12-6-8-14-38(35)46-47/h3-26,41H,27H2,1-2H3. The maximum absolute atomic E-state index is 15.0. The van der Waals surface area contributed by atoms with Gasteiger partial charge in [0.25, 0.3) is 7.37 Å². The lowest BCUT2D eigenvalue weighted by atomic mass is 9.78. The van der Waals surface area contributed by atoms with Crippen molar-refractivity contribution in [3.8, 4) is 34.1 Å². The van der Waals surface area contributed by atoms with E-state index in [2.05, 4.69) is 26.0 Å². The van der Waals surface area contributed by atoms with Crippen molar-refractivity contribution in [1.82, 2.24) is 0 Å². The van der Waals surface area contributed by atoms with Crippen molar-refractivity contribution in [2.45, 2.75) is 35.2 Å². The number of sulfone groups is 1. The first kappa shape index (κ1) is 31.5. The van der Waals surface area contributed by atoms with Crippen molar-refractivity contribution >= 4 is 22.5 Å². The van der Waals surface area contributed by atoms with Gasteiger partial charge in [0.15, 0.2) is 0 Å². The summed E-state index contributed by atoms with van der Waals surface area (Å²) in [5.41, 5.74) is 4.27. The minimum atomic E-state index is -3.80. The molecule has 0 saturated carbocycles. The fourth-order valence-electron chi connectivity index (χ4n) is 6.10. The first-order valence-corrected chi connectivity index (χ1v) is 18.8. The van der Waals surface area contributed by atoms with Gasteiger partial charge in [0.1, 0.15) is 23.0 Å². The van der Waals surface area contributed by atoms with Gasteiger partial charge in [-0.1, -0.05) is 92.7 Å². The van der Waals surface area contributed by atoms with Crippen LogP contribution in [0.25, 0.3) is 11.1 Å². The number of para-hydroxylation sites is 1. The first-order valence-electron chi connectivity index (χ1n) is 15.5. The molecular weight excluding hydrogens is 639 g/mol.